The second-order valence-corrected chi connectivity index (χ2v) is 8.21. The van der Waals surface area contributed by atoms with Crippen molar-refractivity contribution in [1.82, 2.24) is 5.32 Å². The first-order chi connectivity index (χ1) is 16.0. The van der Waals surface area contributed by atoms with Gasteiger partial charge in [-0.05, 0) is 28.7 Å². The molecule has 0 saturated heterocycles. The number of carboxylic acids is 1. The van der Waals surface area contributed by atoms with Crippen molar-refractivity contribution in [2.45, 2.75) is 57.4 Å². The Morgan fingerprint density at radius 2 is 1.52 bits per heavy atom. The molecule has 33 heavy (non-hydrogen) atoms. The van der Waals surface area contributed by atoms with Crippen LogP contribution in [0, 0.1) is 0 Å². The lowest BCUT2D eigenvalue weighted by Gasteiger charge is -2.17. The summed E-state index contributed by atoms with van der Waals surface area (Å²) in [6.45, 7) is 1.75. The predicted octanol–water partition coefficient (Wildman–Crippen LogP) is 4.88. The smallest absolute Gasteiger partial charge is 0.407 e. The first kappa shape index (κ1) is 24.3. The van der Waals surface area contributed by atoms with Gasteiger partial charge in [0.1, 0.15) is 13.2 Å². The van der Waals surface area contributed by atoms with E-state index in [1.54, 1.807) is 0 Å². The van der Waals surface area contributed by atoms with Crippen molar-refractivity contribution < 1.29 is 29.0 Å². The third kappa shape index (κ3) is 6.57. The van der Waals surface area contributed by atoms with Crippen LogP contribution in [0.1, 0.15) is 62.5 Å². The van der Waals surface area contributed by atoms with Gasteiger partial charge in [0.2, 0.25) is 0 Å². The SMILES string of the molecule is CCCCCCCC(=O)OCC(NC(=O)OCC1c2ccccc2-c2ccccc21)C(=O)O. The van der Waals surface area contributed by atoms with Gasteiger partial charge in [-0.3, -0.25) is 4.79 Å². The van der Waals surface area contributed by atoms with E-state index in [0.29, 0.717) is 6.42 Å². The van der Waals surface area contributed by atoms with E-state index in [-0.39, 0.29) is 18.9 Å². The molecule has 2 aromatic rings. The number of rotatable bonds is 12. The molecule has 7 heteroatoms. The van der Waals surface area contributed by atoms with Crippen LogP contribution >= 0.6 is 0 Å². The number of carbonyl (C=O) groups excluding carboxylic acids is 2. The summed E-state index contributed by atoms with van der Waals surface area (Å²) >= 11 is 0. The normalized spacial score (nSPS) is 13.0. The number of fused-ring (bicyclic) bond motifs is 3. The zero-order valence-corrected chi connectivity index (χ0v) is 18.9. The minimum Gasteiger partial charge on any atom is -0.480 e. The molecule has 0 aromatic heterocycles. The average Bonchev–Trinajstić information content (AvgIpc) is 3.14. The highest BCUT2D eigenvalue weighted by molar-refractivity contribution is 5.81. The van der Waals surface area contributed by atoms with E-state index >= 15 is 0 Å². The van der Waals surface area contributed by atoms with Crippen LogP contribution < -0.4 is 5.32 Å². The van der Waals surface area contributed by atoms with E-state index in [9.17, 15) is 19.5 Å². The molecule has 0 radical (unpaired) electrons. The summed E-state index contributed by atoms with van der Waals surface area (Å²) in [6, 6.07) is 14.5. The summed E-state index contributed by atoms with van der Waals surface area (Å²) in [4.78, 5) is 35.7. The van der Waals surface area contributed by atoms with Crippen LogP contribution in [0.25, 0.3) is 11.1 Å². The van der Waals surface area contributed by atoms with Gasteiger partial charge in [0.05, 0.1) is 0 Å². The van der Waals surface area contributed by atoms with Gasteiger partial charge in [-0.2, -0.15) is 0 Å². The largest absolute Gasteiger partial charge is 0.480 e. The monoisotopic (exact) mass is 453 g/mol. The minimum absolute atomic E-state index is 0.0732. The summed E-state index contributed by atoms with van der Waals surface area (Å²) in [5, 5.41) is 11.7. The van der Waals surface area contributed by atoms with Crippen molar-refractivity contribution in [1.29, 1.82) is 0 Å². The second kappa shape index (κ2) is 12.0. The predicted molar refractivity (Wildman–Crippen MR) is 124 cm³/mol. The van der Waals surface area contributed by atoms with Gasteiger partial charge in [-0.15, -0.1) is 0 Å². The highest BCUT2D eigenvalue weighted by Gasteiger charge is 2.30. The molecule has 2 N–H and O–H groups in total. The maximum atomic E-state index is 12.3. The standard InChI is InChI=1S/C26H31NO6/c1-2-3-4-5-6-15-24(28)32-17-23(25(29)30)27-26(31)33-16-22-20-13-9-7-11-18(20)19-12-8-10-14-21(19)22/h7-14,22-23H,2-6,15-17H2,1H3,(H,27,31)(H,29,30). The van der Waals surface area contributed by atoms with Crippen molar-refractivity contribution in [3.05, 3.63) is 59.7 Å². The van der Waals surface area contributed by atoms with Gasteiger partial charge in [0.25, 0.3) is 0 Å². The third-order valence-electron chi connectivity index (χ3n) is 5.83. The fourth-order valence-electron chi connectivity index (χ4n) is 4.08. The van der Waals surface area contributed by atoms with Crippen LogP contribution in [0.2, 0.25) is 0 Å². The Balaban J connectivity index is 1.49. The van der Waals surface area contributed by atoms with Gasteiger partial charge in [-0.25, -0.2) is 9.59 Å². The molecule has 0 bridgehead atoms. The quantitative estimate of drug-likeness (QED) is 0.351. The van der Waals surface area contributed by atoms with Gasteiger partial charge in [0, 0.05) is 12.3 Å². The number of esters is 1. The number of hydrogen-bond donors (Lipinski definition) is 2. The lowest BCUT2D eigenvalue weighted by atomic mass is 9.98. The second-order valence-electron chi connectivity index (χ2n) is 8.21. The molecule has 3 rings (SSSR count). The van der Waals surface area contributed by atoms with Crippen molar-refractivity contribution in [3.8, 4) is 11.1 Å². The summed E-state index contributed by atoms with van der Waals surface area (Å²) < 4.78 is 10.4. The minimum atomic E-state index is -1.37. The summed E-state index contributed by atoms with van der Waals surface area (Å²) in [5.41, 5.74) is 4.34. The Labute approximate surface area is 194 Å². The number of hydrogen-bond acceptors (Lipinski definition) is 5. The molecular formula is C26H31NO6. The Hall–Kier alpha value is -3.35. The highest BCUT2D eigenvalue weighted by Crippen LogP contribution is 2.44. The number of aliphatic carboxylic acids is 1. The third-order valence-corrected chi connectivity index (χ3v) is 5.83. The average molecular weight is 454 g/mol. The number of amides is 1. The number of nitrogens with one attached hydrogen (secondary N) is 1. The lowest BCUT2D eigenvalue weighted by molar-refractivity contribution is -0.148. The van der Waals surface area contributed by atoms with Crippen molar-refractivity contribution >= 4 is 18.0 Å². The van der Waals surface area contributed by atoms with Gasteiger partial charge < -0.3 is 19.9 Å². The Kier molecular flexibility index (Phi) is 8.87. The summed E-state index contributed by atoms with van der Waals surface area (Å²) in [7, 11) is 0. The molecular weight excluding hydrogens is 422 g/mol. The van der Waals surface area contributed by atoms with Crippen LogP contribution in [0.3, 0.4) is 0 Å². The Morgan fingerprint density at radius 3 is 2.12 bits per heavy atom. The maximum Gasteiger partial charge on any atom is 0.407 e. The molecule has 0 saturated carbocycles. The molecule has 1 aliphatic carbocycles. The van der Waals surface area contributed by atoms with Crippen molar-refractivity contribution in [2.75, 3.05) is 13.2 Å². The van der Waals surface area contributed by atoms with E-state index < -0.39 is 30.7 Å². The molecule has 1 unspecified atom stereocenters. The molecule has 0 fully saturated rings. The van der Waals surface area contributed by atoms with E-state index in [1.165, 1.54) is 0 Å². The first-order valence-corrected chi connectivity index (χ1v) is 11.5. The summed E-state index contributed by atoms with van der Waals surface area (Å²) in [6.07, 6.45) is 4.32. The fraction of sp³-hybridized carbons (Fsp3) is 0.423. The van der Waals surface area contributed by atoms with Crippen molar-refractivity contribution in [2.24, 2.45) is 0 Å². The number of ether oxygens (including phenoxy) is 2. The Morgan fingerprint density at radius 1 is 0.909 bits per heavy atom. The van der Waals surface area contributed by atoms with Gasteiger partial charge >= 0.3 is 18.0 Å². The molecule has 2 aromatic carbocycles. The zero-order chi connectivity index (χ0) is 23.6. The molecule has 0 aliphatic heterocycles. The number of alkyl carbamates (subject to hydrolysis) is 1. The molecule has 0 spiro atoms. The lowest BCUT2D eigenvalue weighted by Crippen LogP contribution is -2.45. The van der Waals surface area contributed by atoms with E-state index in [0.717, 1.165) is 47.9 Å². The first-order valence-electron chi connectivity index (χ1n) is 11.5. The van der Waals surface area contributed by atoms with Crippen LogP contribution in [0.4, 0.5) is 4.79 Å². The molecule has 1 amide bonds. The van der Waals surface area contributed by atoms with Gasteiger partial charge in [0.15, 0.2) is 6.04 Å². The molecule has 176 valence electrons. The number of carboxylic acid groups (broad SMARTS) is 1. The number of unbranched alkanes of at least 4 members (excludes halogenated alkanes) is 4. The highest BCUT2D eigenvalue weighted by atomic mass is 16.6. The molecule has 0 heterocycles. The number of benzene rings is 2. The molecule has 1 aliphatic rings. The zero-order valence-electron chi connectivity index (χ0n) is 18.9. The van der Waals surface area contributed by atoms with Crippen molar-refractivity contribution in [3.63, 3.8) is 0 Å². The number of carbonyl (C=O) groups is 3. The fourth-order valence-corrected chi connectivity index (χ4v) is 4.08. The van der Waals surface area contributed by atoms with Crippen LogP contribution in [-0.2, 0) is 19.1 Å². The van der Waals surface area contributed by atoms with E-state index in [4.69, 9.17) is 9.47 Å². The van der Waals surface area contributed by atoms with E-state index in [1.807, 2.05) is 48.5 Å². The van der Waals surface area contributed by atoms with Crippen LogP contribution in [0.5, 0.6) is 0 Å². The van der Waals surface area contributed by atoms with Crippen LogP contribution in [-0.4, -0.2) is 42.4 Å². The van der Waals surface area contributed by atoms with Crippen LogP contribution in [0.15, 0.2) is 48.5 Å². The molecule has 1 atom stereocenters. The Bertz CT molecular complexity index is 927. The maximum absolute atomic E-state index is 12.3. The topological polar surface area (TPSA) is 102 Å². The van der Waals surface area contributed by atoms with E-state index in [2.05, 4.69) is 12.2 Å². The summed E-state index contributed by atoms with van der Waals surface area (Å²) in [5.74, 6) is -1.89. The molecule has 7 nitrogen and oxygen atoms in total. The van der Waals surface area contributed by atoms with Gasteiger partial charge in [-0.1, -0.05) is 81.1 Å².